The third-order valence-electron chi connectivity index (χ3n) is 4.26. The molecule has 3 aromatic carbocycles. The number of esters is 1. The van der Waals surface area contributed by atoms with Crippen LogP contribution in [0.5, 0.6) is 5.75 Å². The van der Waals surface area contributed by atoms with E-state index in [1.165, 1.54) is 12.1 Å². The van der Waals surface area contributed by atoms with Crippen molar-refractivity contribution in [3.05, 3.63) is 99.0 Å². The van der Waals surface area contributed by atoms with Crippen molar-refractivity contribution >= 4 is 46.9 Å². The lowest BCUT2D eigenvalue weighted by atomic mass is 10.1. The molecule has 1 amide bonds. The van der Waals surface area contributed by atoms with Crippen LogP contribution < -0.4 is 10.1 Å². The molecule has 0 saturated carbocycles. The van der Waals surface area contributed by atoms with Crippen LogP contribution in [0.25, 0.3) is 0 Å². The highest BCUT2D eigenvalue weighted by atomic mass is 35.5. The van der Waals surface area contributed by atoms with Crippen LogP contribution in [0.15, 0.2) is 72.8 Å². The quantitative estimate of drug-likeness (QED) is 0.253. The smallest absolute Gasteiger partial charge is 0.408 e. The molecular formula is C23H18Cl3NO4. The van der Waals surface area contributed by atoms with Gasteiger partial charge in [-0.25, -0.2) is 9.59 Å². The van der Waals surface area contributed by atoms with Gasteiger partial charge in [0.15, 0.2) is 5.75 Å². The van der Waals surface area contributed by atoms with Gasteiger partial charge < -0.3 is 14.8 Å². The summed E-state index contributed by atoms with van der Waals surface area (Å²) in [5, 5.41) is 3.10. The number of halogens is 3. The second-order valence-electron chi connectivity index (χ2n) is 6.57. The van der Waals surface area contributed by atoms with Crippen LogP contribution in [0.3, 0.4) is 0 Å². The maximum Gasteiger partial charge on any atom is 0.408 e. The molecule has 0 radical (unpaired) electrons. The molecule has 0 unspecified atom stereocenters. The summed E-state index contributed by atoms with van der Waals surface area (Å²) in [6.45, 7) is 0.0679. The number of amides is 1. The number of carbonyl (C=O) groups excluding carboxylic acids is 2. The lowest BCUT2D eigenvalue weighted by Gasteiger charge is -2.18. The number of hydrogen-bond acceptors (Lipinski definition) is 4. The number of carbonyl (C=O) groups is 2. The first kappa shape index (κ1) is 22.9. The summed E-state index contributed by atoms with van der Waals surface area (Å²) in [5.74, 6) is -0.681. The van der Waals surface area contributed by atoms with Gasteiger partial charge in [-0.1, -0.05) is 95.5 Å². The Morgan fingerprint density at radius 3 is 2.03 bits per heavy atom. The third kappa shape index (κ3) is 6.89. The van der Waals surface area contributed by atoms with Crippen molar-refractivity contribution in [2.45, 2.75) is 19.1 Å². The van der Waals surface area contributed by atoms with Gasteiger partial charge in [-0.05, 0) is 17.2 Å². The largest absolute Gasteiger partial charge is 0.445 e. The second kappa shape index (κ2) is 11.0. The minimum atomic E-state index is -1.02. The van der Waals surface area contributed by atoms with E-state index < -0.39 is 18.1 Å². The summed E-state index contributed by atoms with van der Waals surface area (Å²) < 4.78 is 10.6. The number of hydrogen-bond donors (Lipinski definition) is 1. The molecule has 8 heteroatoms. The van der Waals surface area contributed by atoms with E-state index in [1.54, 1.807) is 0 Å². The lowest BCUT2D eigenvalue weighted by Crippen LogP contribution is -2.44. The normalized spacial score (nSPS) is 11.5. The molecule has 3 aromatic rings. The maximum atomic E-state index is 12.8. The molecular weight excluding hydrogens is 461 g/mol. The van der Waals surface area contributed by atoms with Crippen LogP contribution in [0.4, 0.5) is 4.79 Å². The molecule has 3 rings (SSSR count). The van der Waals surface area contributed by atoms with Crippen molar-refractivity contribution in [3.63, 3.8) is 0 Å². The van der Waals surface area contributed by atoms with E-state index >= 15 is 0 Å². The van der Waals surface area contributed by atoms with Gasteiger partial charge in [0.1, 0.15) is 12.6 Å². The van der Waals surface area contributed by atoms with Crippen LogP contribution >= 0.6 is 34.8 Å². The predicted molar refractivity (Wildman–Crippen MR) is 121 cm³/mol. The van der Waals surface area contributed by atoms with Gasteiger partial charge in [-0.2, -0.15) is 0 Å². The first-order chi connectivity index (χ1) is 14.9. The first-order valence-corrected chi connectivity index (χ1v) is 10.4. The van der Waals surface area contributed by atoms with Crippen LogP contribution in [-0.4, -0.2) is 18.1 Å². The lowest BCUT2D eigenvalue weighted by molar-refractivity contribution is -0.136. The highest BCUT2D eigenvalue weighted by molar-refractivity contribution is 6.43. The van der Waals surface area contributed by atoms with Gasteiger partial charge in [0.2, 0.25) is 0 Å². The van der Waals surface area contributed by atoms with Crippen molar-refractivity contribution in [3.8, 4) is 5.75 Å². The molecule has 0 spiro atoms. The minimum Gasteiger partial charge on any atom is -0.445 e. The maximum absolute atomic E-state index is 12.8. The Hall–Kier alpha value is -2.73. The highest BCUT2D eigenvalue weighted by Gasteiger charge is 2.25. The van der Waals surface area contributed by atoms with Crippen LogP contribution in [0, 0.1) is 0 Å². The van der Waals surface area contributed by atoms with Crippen molar-refractivity contribution in [1.29, 1.82) is 0 Å². The molecule has 0 aromatic heterocycles. The van der Waals surface area contributed by atoms with Gasteiger partial charge in [0.25, 0.3) is 0 Å². The van der Waals surface area contributed by atoms with E-state index in [1.807, 2.05) is 60.7 Å². The Balaban J connectivity index is 1.71. The summed E-state index contributed by atoms with van der Waals surface area (Å²) in [7, 11) is 0. The number of rotatable bonds is 7. The highest BCUT2D eigenvalue weighted by Crippen LogP contribution is 2.34. The van der Waals surface area contributed by atoms with Crippen molar-refractivity contribution in [1.82, 2.24) is 5.32 Å². The SMILES string of the molecule is O=C(N[C@@H](Cc1ccccc1)C(=O)Oc1cc(Cl)c(Cl)cc1Cl)OCc1ccccc1. The van der Waals surface area contributed by atoms with Gasteiger partial charge in [-0.15, -0.1) is 0 Å². The van der Waals surface area contributed by atoms with Gasteiger partial charge in [-0.3, -0.25) is 0 Å². The molecule has 1 N–H and O–H groups in total. The number of alkyl carbamates (subject to hydrolysis) is 1. The Bertz CT molecular complexity index is 1050. The molecule has 0 saturated heterocycles. The third-order valence-corrected chi connectivity index (χ3v) is 5.27. The summed E-state index contributed by atoms with van der Waals surface area (Å²) in [6.07, 6.45) is -0.555. The van der Waals surface area contributed by atoms with E-state index in [0.29, 0.717) is 0 Å². The molecule has 5 nitrogen and oxygen atoms in total. The van der Waals surface area contributed by atoms with Crippen molar-refractivity contribution in [2.75, 3.05) is 0 Å². The Labute approximate surface area is 194 Å². The first-order valence-electron chi connectivity index (χ1n) is 9.30. The molecule has 1 atom stereocenters. The average Bonchev–Trinajstić information content (AvgIpc) is 2.77. The molecule has 0 fully saturated rings. The Morgan fingerprint density at radius 1 is 0.806 bits per heavy atom. The van der Waals surface area contributed by atoms with Crippen LogP contribution in [-0.2, 0) is 22.6 Å². The summed E-state index contributed by atoms with van der Waals surface area (Å²) in [5.41, 5.74) is 1.65. The minimum absolute atomic E-state index is 0.0404. The molecule has 0 aliphatic rings. The average molecular weight is 479 g/mol. The summed E-state index contributed by atoms with van der Waals surface area (Å²) in [4.78, 5) is 25.2. The molecule has 160 valence electrons. The molecule has 0 heterocycles. The van der Waals surface area contributed by atoms with E-state index in [0.717, 1.165) is 11.1 Å². The van der Waals surface area contributed by atoms with Crippen LogP contribution in [0.2, 0.25) is 15.1 Å². The standard InChI is InChI=1S/C23H18Cl3NO4/c24-17-12-19(26)21(13-18(17)25)31-22(28)20(11-15-7-3-1-4-8-15)27-23(29)30-14-16-9-5-2-6-10-16/h1-10,12-13,20H,11,14H2,(H,27,29)/t20-/m0/s1. The Morgan fingerprint density at radius 2 is 1.39 bits per heavy atom. The van der Waals surface area contributed by atoms with E-state index in [4.69, 9.17) is 44.3 Å². The molecule has 0 bridgehead atoms. The number of benzene rings is 3. The zero-order chi connectivity index (χ0) is 22.2. The number of nitrogens with one attached hydrogen (secondary N) is 1. The van der Waals surface area contributed by atoms with Gasteiger partial charge >= 0.3 is 12.1 Å². The molecule has 0 aliphatic carbocycles. The molecule has 0 aliphatic heterocycles. The zero-order valence-corrected chi connectivity index (χ0v) is 18.5. The van der Waals surface area contributed by atoms with Crippen molar-refractivity contribution < 1.29 is 19.1 Å². The van der Waals surface area contributed by atoms with E-state index in [-0.39, 0.29) is 33.8 Å². The monoisotopic (exact) mass is 477 g/mol. The van der Waals surface area contributed by atoms with E-state index in [9.17, 15) is 9.59 Å². The van der Waals surface area contributed by atoms with E-state index in [2.05, 4.69) is 5.32 Å². The van der Waals surface area contributed by atoms with Crippen LogP contribution in [0.1, 0.15) is 11.1 Å². The van der Waals surface area contributed by atoms with Gasteiger partial charge in [0, 0.05) is 12.5 Å². The second-order valence-corrected chi connectivity index (χ2v) is 7.79. The fraction of sp³-hybridized carbons (Fsp3) is 0.130. The fourth-order valence-electron chi connectivity index (χ4n) is 2.71. The zero-order valence-electron chi connectivity index (χ0n) is 16.2. The predicted octanol–water partition coefficient (Wildman–Crippen LogP) is 6.09. The number of ether oxygens (including phenoxy) is 2. The Kier molecular flexibility index (Phi) is 8.18. The topological polar surface area (TPSA) is 64.6 Å². The summed E-state index contributed by atoms with van der Waals surface area (Å²) >= 11 is 18.0. The van der Waals surface area contributed by atoms with Gasteiger partial charge in [0.05, 0.1) is 15.1 Å². The fourth-order valence-corrected chi connectivity index (χ4v) is 3.29. The molecule has 31 heavy (non-hydrogen) atoms. The van der Waals surface area contributed by atoms with Crippen molar-refractivity contribution in [2.24, 2.45) is 0 Å². The summed E-state index contributed by atoms with van der Waals surface area (Å²) in [6, 6.07) is 20.1.